The summed E-state index contributed by atoms with van der Waals surface area (Å²) >= 11 is 0. The molecule has 0 amide bonds. The first-order chi connectivity index (χ1) is 9.60. The Labute approximate surface area is 123 Å². The first-order valence-electron chi connectivity index (χ1n) is 8.12. The second-order valence-corrected chi connectivity index (χ2v) is 6.61. The number of nitrogens with zero attached hydrogens (tertiary/aromatic N) is 1. The fraction of sp³-hybridized carbons (Fsp3) is 0.765. The van der Waals surface area contributed by atoms with Gasteiger partial charge in [0.15, 0.2) is 0 Å². The summed E-state index contributed by atoms with van der Waals surface area (Å²) in [7, 11) is 0. The van der Waals surface area contributed by atoms with Gasteiger partial charge in [0.25, 0.3) is 0 Å². The summed E-state index contributed by atoms with van der Waals surface area (Å²) in [5.41, 5.74) is 6.90. The average molecular weight is 278 g/mol. The van der Waals surface area contributed by atoms with Gasteiger partial charge in [-0.15, -0.1) is 0 Å². The molecule has 0 aliphatic heterocycles. The van der Waals surface area contributed by atoms with Crippen molar-refractivity contribution in [1.29, 1.82) is 0 Å². The van der Waals surface area contributed by atoms with Gasteiger partial charge >= 0.3 is 0 Å². The van der Waals surface area contributed by atoms with E-state index in [4.69, 9.17) is 10.2 Å². The van der Waals surface area contributed by atoms with E-state index in [9.17, 15) is 0 Å². The van der Waals surface area contributed by atoms with Gasteiger partial charge in [0.05, 0.1) is 13.1 Å². The minimum absolute atomic E-state index is 0.501. The van der Waals surface area contributed by atoms with Crippen LogP contribution in [0.15, 0.2) is 10.5 Å². The molecule has 1 aromatic rings. The van der Waals surface area contributed by atoms with Crippen LogP contribution in [0, 0.1) is 12.8 Å². The molecule has 2 rings (SSSR count). The largest absolute Gasteiger partial charge is 0.463 e. The SMILES string of the molecule is Cc1cc(CN(CCC(C)C)C2CCCC2)oc1CN. The fourth-order valence-electron chi connectivity index (χ4n) is 3.16. The predicted octanol–water partition coefficient (Wildman–Crippen LogP) is 3.84. The van der Waals surface area contributed by atoms with Crippen molar-refractivity contribution in [1.82, 2.24) is 4.90 Å². The lowest BCUT2D eigenvalue weighted by Gasteiger charge is -2.28. The molecule has 0 bridgehead atoms. The highest BCUT2D eigenvalue weighted by Crippen LogP contribution is 2.26. The molecule has 0 radical (unpaired) electrons. The van der Waals surface area contributed by atoms with Crippen LogP contribution < -0.4 is 5.73 Å². The molecule has 1 aromatic heterocycles. The number of aryl methyl sites for hydroxylation is 1. The van der Waals surface area contributed by atoms with Crippen molar-refractivity contribution < 1.29 is 4.42 Å². The Morgan fingerprint density at radius 1 is 1.35 bits per heavy atom. The Bertz CT molecular complexity index is 405. The second-order valence-electron chi connectivity index (χ2n) is 6.61. The summed E-state index contributed by atoms with van der Waals surface area (Å²) in [5, 5.41) is 0. The Hall–Kier alpha value is -0.800. The summed E-state index contributed by atoms with van der Waals surface area (Å²) in [6, 6.07) is 2.92. The number of nitrogens with two attached hydrogens (primary N) is 1. The van der Waals surface area contributed by atoms with E-state index in [1.165, 1.54) is 44.2 Å². The van der Waals surface area contributed by atoms with Crippen molar-refractivity contribution in [2.75, 3.05) is 6.54 Å². The van der Waals surface area contributed by atoms with Crippen LogP contribution in [0.4, 0.5) is 0 Å². The van der Waals surface area contributed by atoms with E-state index in [0.29, 0.717) is 6.54 Å². The zero-order valence-electron chi connectivity index (χ0n) is 13.3. The third-order valence-corrected chi connectivity index (χ3v) is 4.45. The van der Waals surface area contributed by atoms with Gasteiger partial charge in [-0.3, -0.25) is 4.90 Å². The van der Waals surface area contributed by atoms with Gasteiger partial charge in [-0.1, -0.05) is 26.7 Å². The van der Waals surface area contributed by atoms with E-state index in [0.717, 1.165) is 30.0 Å². The Kier molecular flexibility index (Phi) is 5.67. The number of hydrogen-bond donors (Lipinski definition) is 1. The molecule has 1 aliphatic carbocycles. The normalized spacial score (nSPS) is 16.7. The highest BCUT2D eigenvalue weighted by Gasteiger charge is 2.23. The lowest BCUT2D eigenvalue weighted by molar-refractivity contribution is 0.165. The maximum absolute atomic E-state index is 5.89. The highest BCUT2D eigenvalue weighted by molar-refractivity contribution is 5.19. The Morgan fingerprint density at radius 3 is 2.60 bits per heavy atom. The third kappa shape index (κ3) is 4.10. The monoisotopic (exact) mass is 278 g/mol. The zero-order valence-corrected chi connectivity index (χ0v) is 13.3. The zero-order chi connectivity index (χ0) is 14.5. The van der Waals surface area contributed by atoms with Gasteiger partial charge in [-0.2, -0.15) is 0 Å². The summed E-state index contributed by atoms with van der Waals surface area (Å²) in [6.07, 6.45) is 6.73. The molecule has 114 valence electrons. The van der Waals surface area contributed by atoms with E-state index in [1.807, 2.05) is 0 Å². The molecule has 0 atom stereocenters. The molecular weight excluding hydrogens is 248 g/mol. The minimum Gasteiger partial charge on any atom is -0.463 e. The van der Waals surface area contributed by atoms with E-state index >= 15 is 0 Å². The maximum Gasteiger partial charge on any atom is 0.120 e. The van der Waals surface area contributed by atoms with Crippen LogP contribution in [-0.4, -0.2) is 17.5 Å². The molecule has 2 N–H and O–H groups in total. The molecule has 0 aromatic carbocycles. The van der Waals surface area contributed by atoms with Crippen LogP contribution in [0.5, 0.6) is 0 Å². The van der Waals surface area contributed by atoms with Crippen LogP contribution in [0.1, 0.15) is 63.0 Å². The summed E-state index contributed by atoms with van der Waals surface area (Å²) in [5.74, 6) is 2.78. The number of rotatable bonds is 7. The molecular formula is C17H30N2O. The minimum atomic E-state index is 0.501. The lowest BCUT2D eigenvalue weighted by atomic mass is 10.1. The van der Waals surface area contributed by atoms with Crippen molar-refractivity contribution in [3.05, 3.63) is 23.2 Å². The summed E-state index contributed by atoms with van der Waals surface area (Å²) in [4.78, 5) is 2.63. The average Bonchev–Trinajstić information content (AvgIpc) is 3.03. The molecule has 1 fully saturated rings. The van der Waals surface area contributed by atoms with Gasteiger partial charge < -0.3 is 10.2 Å². The van der Waals surface area contributed by atoms with Gasteiger partial charge in [0, 0.05) is 6.04 Å². The van der Waals surface area contributed by atoms with E-state index in [2.05, 4.69) is 31.7 Å². The van der Waals surface area contributed by atoms with Crippen LogP contribution in [0.25, 0.3) is 0 Å². The maximum atomic E-state index is 5.89. The van der Waals surface area contributed by atoms with Gasteiger partial charge in [0.2, 0.25) is 0 Å². The number of hydrogen-bond acceptors (Lipinski definition) is 3. The highest BCUT2D eigenvalue weighted by atomic mass is 16.3. The molecule has 1 heterocycles. The van der Waals surface area contributed by atoms with Crippen LogP contribution in [0.3, 0.4) is 0 Å². The molecule has 3 heteroatoms. The Balaban J connectivity index is 2.01. The second kappa shape index (κ2) is 7.28. The van der Waals surface area contributed by atoms with E-state index < -0.39 is 0 Å². The topological polar surface area (TPSA) is 42.4 Å². The third-order valence-electron chi connectivity index (χ3n) is 4.45. The van der Waals surface area contributed by atoms with Gasteiger partial charge in [0.1, 0.15) is 11.5 Å². The smallest absolute Gasteiger partial charge is 0.120 e. The van der Waals surface area contributed by atoms with Crippen molar-refractivity contribution >= 4 is 0 Å². The van der Waals surface area contributed by atoms with Crippen molar-refractivity contribution in [3.63, 3.8) is 0 Å². The van der Waals surface area contributed by atoms with E-state index in [-0.39, 0.29) is 0 Å². The molecule has 1 aliphatic rings. The van der Waals surface area contributed by atoms with Gasteiger partial charge in [-0.25, -0.2) is 0 Å². The molecule has 0 unspecified atom stereocenters. The summed E-state index contributed by atoms with van der Waals surface area (Å²) < 4.78 is 5.89. The molecule has 3 nitrogen and oxygen atoms in total. The predicted molar refractivity (Wildman–Crippen MR) is 83.5 cm³/mol. The molecule has 0 spiro atoms. The van der Waals surface area contributed by atoms with Crippen LogP contribution in [0.2, 0.25) is 0 Å². The lowest BCUT2D eigenvalue weighted by Crippen LogP contribution is -2.34. The van der Waals surface area contributed by atoms with Crippen molar-refractivity contribution in [2.45, 2.75) is 72.0 Å². The summed E-state index contributed by atoms with van der Waals surface area (Å²) in [6.45, 7) is 9.32. The van der Waals surface area contributed by atoms with E-state index in [1.54, 1.807) is 0 Å². The first kappa shape index (κ1) is 15.6. The quantitative estimate of drug-likeness (QED) is 0.824. The fourth-order valence-corrected chi connectivity index (χ4v) is 3.16. The van der Waals surface area contributed by atoms with Crippen LogP contribution in [-0.2, 0) is 13.1 Å². The molecule has 0 saturated heterocycles. The first-order valence-corrected chi connectivity index (χ1v) is 8.12. The van der Waals surface area contributed by atoms with Gasteiger partial charge in [-0.05, 0) is 50.3 Å². The van der Waals surface area contributed by atoms with Crippen LogP contribution >= 0.6 is 0 Å². The van der Waals surface area contributed by atoms with Crippen molar-refractivity contribution in [2.24, 2.45) is 11.7 Å². The molecule has 1 saturated carbocycles. The standard InChI is InChI=1S/C17H30N2O/c1-13(2)8-9-19(15-6-4-5-7-15)12-16-10-14(3)17(11-18)20-16/h10,13,15H,4-9,11-12,18H2,1-3H3. The number of furan rings is 1. The van der Waals surface area contributed by atoms with Crippen molar-refractivity contribution in [3.8, 4) is 0 Å². The molecule has 20 heavy (non-hydrogen) atoms. The Morgan fingerprint density at radius 2 is 2.05 bits per heavy atom.